The Balaban J connectivity index is 1.93. The lowest BCUT2D eigenvalue weighted by atomic mass is 9.94. The predicted octanol–water partition coefficient (Wildman–Crippen LogP) is 3.58. The minimum atomic E-state index is 0.459. The Hall–Kier alpha value is -1.87. The lowest BCUT2D eigenvalue weighted by molar-refractivity contribution is 0.687. The highest BCUT2D eigenvalue weighted by Crippen LogP contribution is 2.31. The highest BCUT2D eigenvalue weighted by molar-refractivity contribution is 5.69. The Kier molecular flexibility index (Phi) is 4.44. The lowest BCUT2D eigenvalue weighted by Gasteiger charge is -2.27. The molecule has 2 heterocycles. The van der Waals surface area contributed by atoms with Gasteiger partial charge in [0.2, 0.25) is 0 Å². The molecule has 0 bridgehead atoms. The van der Waals surface area contributed by atoms with E-state index >= 15 is 0 Å². The second kappa shape index (κ2) is 6.49. The van der Waals surface area contributed by atoms with Crippen LogP contribution in [0.1, 0.15) is 36.8 Å². The van der Waals surface area contributed by atoms with Crippen molar-refractivity contribution in [1.29, 1.82) is 0 Å². The molecule has 0 amide bonds. The fourth-order valence-electron chi connectivity index (χ4n) is 3.27. The molecule has 1 aliphatic heterocycles. The van der Waals surface area contributed by atoms with E-state index in [1.807, 2.05) is 12.4 Å². The maximum atomic E-state index is 5.68. The van der Waals surface area contributed by atoms with E-state index in [0.29, 0.717) is 5.92 Å². The fourth-order valence-corrected chi connectivity index (χ4v) is 3.27. The number of hydrogen-bond donors (Lipinski definition) is 1. The van der Waals surface area contributed by atoms with Crippen LogP contribution >= 0.6 is 0 Å². The lowest BCUT2D eigenvalue weighted by Crippen LogP contribution is -2.24. The van der Waals surface area contributed by atoms with Gasteiger partial charge in [0.1, 0.15) is 0 Å². The third-order valence-electron chi connectivity index (χ3n) is 4.69. The zero-order valence-corrected chi connectivity index (χ0v) is 13.5. The van der Waals surface area contributed by atoms with Gasteiger partial charge in [0.25, 0.3) is 0 Å². The minimum absolute atomic E-state index is 0.459. The number of anilines is 1. The van der Waals surface area contributed by atoms with Gasteiger partial charge in [-0.2, -0.15) is 0 Å². The van der Waals surface area contributed by atoms with Gasteiger partial charge in [-0.1, -0.05) is 13.0 Å². The van der Waals surface area contributed by atoms with E-state index in [2.05, 4.69) is 48.1 Å². The zero-order chi connectivity index (χ0) is 15.5. The van der Waals surface area contributed by atoms with Crippen molar-refractivity contribution in [2.24, 2.45) is 5.73 Å². The summed E-state index contributed by atoms with van der Waals surface area (Å²) in [6, 6.07) is 9.07. The quantitative estimate of drug-likeness (QED) is 0.937. The summed E-state index contributed by atoms with van der Waals surface area (Å²) in [5.41, 5.74) is 12.3. The van der Waals surface area contributed by atoms with Crippen LogP contribution in [-0.2, 0) is 6.42 Å². The summed E-state index contributed by atoms with van der Waals surface area (Å²) in [5, 5.41) is 0. The standard InChI is InChI=1S/C19H25N3/c1-14(7-8-20)17-11-18(13-21-12-17)15-5-6-19-16(10-15)4-3-9-22(19)2/h5-6,10-14H,3-4,7-9,20H2,1-2H3. The molecule has 1 aromatic carbocycles. The van der Waals surface area contributed by atoms with Crippen molar-refractivity contribution in [3.8, 4) is 11.1 Å². The summed E-state index contributed by atoms with van der Waals surface area (Å²) in [6.45, 7) is 4.09. The second-order valence-electron chi connectivity index (χ2n) is 6.35. The molecule has 1 unspecified atom stereocenters. The van der Waals surface area contributed by atoms with Crippen LogP contribution in [0, 0.1) is 0 Å². The van der Waals surface area contributed by atoms with Crippen LogP contribution in [0.2, 0.25) is 0 Å². The number of nitrogens with zero attached hydrogens (tertiary/aromatic N) is 2. The average Bonchev–Trinajstić information content (AvgIpc) is 2.55. The van der Waals surface area contributed by atoms with Gasteiger partial charge in [0, 0.05) is 37.2 Å². The Morgan fingerprint density at radius 1 is 1.23 bits per heavy atom. The summed E-state index contributed by atoms with van der Waals surface area (Å²) in [4.78, 5) is 6.79. The van der Waals surface area contributed by atoms with Gasteiger partial charge in [0.15, 0.2) is 0 Å². The third-order valence-corrected chi connectivity index (χ3v) is 4.69. The zero-order valence-electron chi connectivity index (χ0n) is 13.5. The Morgan fingerprint density at radius 3 is 2.91 bits per heavy atom. The van der Waals surface area contributed by atoms with Gasteiger partial charge in [-0.05, 0) is 66.6 Å². The van der Waals surface area contributed by atoms with E-state index in [4.69, 9.17) is 5.73 Å². The van der Waals surface area contributed by atoms with Crippen LogP contribution < -0.4 is 10.6 Å². The van der Waals surface area contributed by atoms with Gasteiger partial charge in [0.05, 0.1) is 0 Å². The molecule has 22 heavy (non-hydrogen) atoms. The highest BCUT2D eigenvalue weighted by Gasteiger charge is 2.14. The van der Waals surface area contributed by atoms with Crippen molar-refractivity contribution in [3.63, 3.8) is 0 Å². The maximum absolute atomic E-state index is 5.68. The van der Waals surface area contributed by atoms with E-state index in [-0.39, 0.29) is 0 Å². The number of aryl methyl sites for hydroxylation is 1. The molecule has 0 fully saturated rings. The Morgan fingerprint density at radius 2 is 2.09 bits per heavy atom. The molecule has 0 radical (unpaired) electrons. The Bertz CT molecular complexity index is 651. The SMILES string of the molecule is CC(CCN)c1cncc(-c2ccc3c(c2)CCCN3C)c1. The average molecular weight is 295 g/mol. The fraction of sp³-hybridized carbons (Fsp3) is 0.421. The van der Waals surface area contributed by atoms with Crippen molar-refractivity contribution < 1.29 is 0 Å². The van der Waals surface area contributed by atoms with E-state index in [0.717, 1.165) is 19.5 Å². The molecule has 116 valence electrons. The molecule has 2 aromatic rings. The van der Waals surface area contributed by atoms with E-state index in [9.17, 15) is 0 Å². The number of pyridine rings is 1. The van der Waals surface area contributed by atoms with Crippen molar-refractivity contribution >= 4 is 5.69 Å². The van der Waals surface area contributed by atoms with Crippen LogP contribution in [0.4, 0.5) is 5.69 Å². The number of fused-ring (bicyclic) bond motifs is 1. The molecule has 0 saturated heterocycles. The third kappa shape index (κ3) is 3.00. The van der Waals surface area contributed by atoms with Crippen LogP contribution in [0.15, 0.2) is 36.7 Å². The first-order valence-electron chi connectivity index (χ1n) is 8.18. The van der Waals surface area contributed by atoms with E-state index < -0.39 is 0 Å². The largest absolute Gasteiger partial charge is 0.374 e. The summed E-state index contributed by atoms with van der Waals surface area (Å²) in [5.74, 6) is 0.459. The highest BCUT2D eigenvalue weighted by atomic mass is 15.1. The first-order valence-corrected chi connectivity index (χ1v) is 8.18. The van der Waals surface area contributed by atoms with Gasteiger partial charge in [-0.15, -0.1) is 0 Å². The molecular formula is C19H25N3. The molecule has 0 aliphatic carbocycles. The van der Waals surface area contributed by atoms with Gasteiger partial charge >= 0.3 is 0 Å². The molecule has 1 aliphatic rings. The van der Waals surface area contributed by atoms with Gasteiger partial charge in [-0.3, -0.25) is 4.98 Å². The van der Waals surface area contributed by atoms with Crippen molar-refractivity contribution in [3.05, 3.63) is 47.8 Å². The van der Waals surface area contributed by atoms with Crippen molar-refractivity contribution in [1.82, 2.24) is 4.98 Å². The van der Waals surface area contributed by atoms with E-state index in [1.54, 1.807) is 0 Å². The minimum Gasteiger partial charge on any atom is -0.374 e. The van der Waals surface area contributed by atoms with Gasteiger partial charge < -0.3 is 10.6 Å². The molecule has 0 spiro atoms. The maximum Gasteiger partial charge on any atom is 0.0396 e. The molecule has 2 N–H and O–H groups in total. The molecular weight excluding hydrogens is 270 g/mol. The predicted molar refractivity (Wildman–Crippen MR) is 93.4 cm³/mol. The smallest absolute Gasteiger partial charge is 0.0396 e. The monoisotopic (exact) mass is 295 g/mol. The van der Waals surface area contributed by atoms with Crippen LogP contribution in [0.3, 0.4) is 0 Å². The topological polar surface area (TPSA) is 42.1 Å². The normalized spacial score (nSPS) is 15.5. The summed E-state index contributed by atoms with van der Waals surface area (Å²) < 4.78 is 0. The number of hydrogen-bond acceptors (Lipinski definition) is 3. The van der Waals surface area contributed by atoms with E-state index in [1.165, 1.54) is 40.8 Å². The van der Waals surface area contributed by atoms with Gasteiger partial charge in [-0.25, -0.2) is 0 Å². The van der Waals surface area contributed by atoms with Crippen molar-refractivity contribution in [2.45, 2.75) is 32.1 Å². The first kappa shape index (κ1) is 15.0. The van der Waals surface area contributed by atoms with Crippen LogP contribution in [0.5, 0.6) is 0 Å². The molecule has 3 heteroatoms. The van der Waals surface area contributed by atoms with Crippen LogP contribution in [0.25, 0.3) is 11.1 Å². The first-order chi connectivity index (χ1) is 10.7. The molecule has 3 rings (SSSR count). The summed E-state index contributed by atoms with van der Waals surface area (Å²) >= 11 is 0. The second-order valence-corrected chi connectivity index (χ2v) is 6.35. The number of benzene rings is 1. The molecule has 1 atom stereocenters. The molecule has 1 aromatic heterocycles. The molecule has 0 saturated carbocycles. The number of aromatic nitrogens is 1. The number of rotatable bonds is 4. The Labute approximate surface area is 133 Å². The summed E-state index contributed by atoms with van der Waals surface area (Å²) in [7, 11) is 2.17. The molecule has 3 nitrogen and oxygen atoms in total. The van der Waals surface area contributed by atoms with Crippen molar-refractivity contribution in [2.75, 3.05) is 25.0 Å². The number of nitrogens with two attached hydrogens (primary N) is 1. The van der Waals surface area contributed by atoms with Crippen LogP contribution in [-0.4, -0.2) is 25.1 Å². The summed E-state index contributed by atoms with van der Waals surface area (Å²) in [6.07, 6.45) is 7.34.